The highest BCUT2D eigenvalue weighted by Gasteiger charge is 2.15. The van der Waals surface area contributed by atoms with Crippen molar-refractivity contribution >= 4 is 62.1 Å². The second kappa shape index (κ2) is 42.7. The van der Waals surface area contributed by atoms with Crippen molar-refractivity contribution in [2.75, 3.05) is 19.8 Å². The lowest BCUT2D eigenvalue weighted by atomic mass is 9.90. The van der Waals surface area contributed by atoms with Crippen LogP contribution in [0.4, 0.5) is 0 Å². The van der Waals surface area contributed by atoms with Crippen molar-refractivity contribution in [3.8, 4) is 34.1 Å². The van der Waals surface area contributed by atoms with E-state index in [1.165, 1.54) is 11.1 Å². The number of para-hydroxylation sites is 3. The maximum absolute atomic E-state index is 11.5. The van der Waals surface area contributed by atoms with Crippen LogP contribution in [-0.4, -0.2) is 69.1 Å². The molecule has 0 aliphatic carbocycles. The lowest BCUT2D eigenvalue weighted by Gasteiger charge is -2.16. The minimum Gasteiger partial charge on any atom is -0.493 e. The minimum atomic E-state index is 0.124. The number of rotatable bonds is 35. The summed E-state index contributed by atoms with van der Waals surface area (Å²) >= 11 is 0. The van der Waals surface area contributed by atoms with Crippen molar-refractivity contribution in [3.05, 3.63) is 288 Å². The number of ketones is 3. The Balaban J connectivity index is 0.000000154. The Morgan fingerprint density at radius 2 is 0.954 bits per heavy atom. The van der Waals surface area contributed by atoms with Crippen molar-refractivity contribution in [1.29, 1.82) is 0 Å². The minimum absolute atomic E-state index is 0.124. The first kappa shape index (κ1) is 79.2. The van der Waals surface area contributed by atoms with E-state index in [4.69, 9.17) is 32.8 Å². The fourth-order valence-electron chi connectivity index (χ4n) is 12.0. The molecule has 6 heterocycles. The normalized spacial score (nSPS) is 12.3. The highest BCUT2D eigenvalue weighted by molar-refractivity contribution is 5.94. The number of hydrogen-bond acceptors (Lipinski definition) is 16. The van der Waals surface area contributed by atoms with Crippen LogP contribution in [0.3, 0.4) is 0 Å². The van der Waals surface area contributed by atoms with Crippen LogP contribution in [0.25, 0.3) is 43.8 Å². The number of aromatic nitrogens is 4. The maximum Gasteiger partial charge on any atom is 0.132 e. The first-order chi connectivity index (χ1) is 52.7. The number of carbonyl (C=O) groups is 3. The van der Waals surface area contributed by atoms with Gasteiger partial charge in [0, 0.05) is 71.5 Å². The number of furan rings is 1. The third-order valence-electron chi connectivity index (χ3n) is 18.2. The molecule has 7 aromatic carbocycles. The molecule has 13 rings (SSSR count). The first-order valence-electron chi connectivity index (χ1n) is 37.3. The van der Waals surface area contributed by atoms with Gasteiger partial charge in [-0.3, -0.25) is 24.5 Å². The van der Waals surface area contributed by atoms with E-state index in [-0.39, 0.29) is 29.2 Å². The Morgan fingerprint density at radius 3 is 1.52 bits per heavy atom. The van der Waals surface area contributed by atoms with Crippen LogP contribution >= 0.6 is 0 Å². The quantitative estimate of drug-likeness (QED) is 0.0340. The zero-order chi connectivity index (χ0) is 75.5. The molecule has 3 atom stereocenters. The second-order valence-electron chi connectivity index (χ2n) is 27.2. The fraction of sp³-hybridized carbons (Fsp3) is 0.293. The van der Waals surface area contributed by atoms with Gasteiger partial charge in [-0.1, -0.05) is 160 Å². The van der Waals surface area contributed by atoms with Gasteiger partial charge in [0.25, 0.3) is 0 Å². The molecule has 0 radical (unpaired) electrons. The van der Waals surface area contributed by atoms with E-state index in [9.17, 15) is 14.4 Å². The van der Waals surface area contributed by atoms with E-state index in [0.717, 1.165) is 158 Å². The average molecular weight is 1450 g/mol. The number of carbonyl (C=O) groups excluding carboxylic acids is 3. The molecule has 0 amide bonds. The topological polar surface area (TPSA) is 196 Å². The summed E-state index contributed by atoms with van der Waals surface area (Å²) in [6.07, 6.45) is 11.5. The standard InChI is InChI=1S/C24H23N3O2.C24H27NO2.C23H25NO2.C21H23NO4/c1-2-6-19(7-3-1)20-11-12-21(27-17-20)18-29-23-9-4-8-22(16-23)28-15-5-10-24-25-13-14-26-24;1-17(13-18(2)19(3)26)14-20-7-6-9-23(15-20)27-16-22-12-11-21-8-4-5-10-24(21)25-22;1-17(18(2)25)7-5-8-19-9-6-11-22(15-19)26-16-21-14-13-20-10-3-4-12-23(20)24-21;1-16(23)5-4-12-24-14-19-10-11-20(26-19)15-25-13-18-9-8-17-6-2-3-7-21(17)22-18/h1-4,6-9,11-13,16-17H,5,10,14-15,18H2;4-12,15,17-18H,13-14,16H2,1-3H3;3-4,6,9-15,17H,5,7-8,16H2,1-2H3;2-3,6-11H,4-5,12-15H2,1H3. The maximum atomic E-state index is 11.5. The van der Waals surface area contributed by atoms with Crippen LogP contribution in [0.5, 0.6) is 23.0 Å². The van der Waals surface area contributed by atoms with Gasteiger partial charge >= 0.3 is 0 Å². The number of aliphatic imine (C=N–C) groups is 2. The summed E-state index contributed by atoms with van der Waals surface area (Å²) in [7, 11) is 0. The first-order valence-corrected chi connectivity index (χ1v) is 37.3. The summed E-state index contributed by atoms with van der Waals surface area (Å²) < 4.78 is 40.5. The molecule has 3 unspecified atom stereocenters. The van der Waals surface area contributed by atoms with Crippen LogP contribution in [0.2, 0.25) is 0 Å². The van der Waals surface area contributed by atoms with Crippen molar-refractivity contribution in [2.45, 2.75) is 139 Å². The molecule has 0 spiro atoms. The number of pyridine rings is 4. The van der Waals surface area contributed by atoms with Gasteiger partial charge in [0.1, 0.15) is 90.7 Å². The molecule has 5 aromatic heterocycles. The Morgan fingerprint density at radius 1 is 0.435 bits per heavy atom. The number of nitrogens with zero attached hydrogens (tertiary/aromatic N) is 6. The highest BCUT2D eigenvalue weighted by Crippen LogP contribution is 2.26. The van der Waals surface area contributed by atoms with Gasteiger partial charge in [-0.25, -0.2) is 15.0 Å². The molecule has 12 aromatic rings. The number of ether oxygens (including phenoxy) is 6. The smallest absolute Gasteiger partial charge is 0.132 e. The van der Waals surface area contributed by atoms with Gasteiger partial charge in [-0.05, 0) is 179 Å². The van der Waals surface area contributed by atoms with E-state index in [1.54, 1.807) is 20.8 Å². The predicted molar refractivity (Wildman–Crippen MR) is 430 cm³/mol. The highest BCUT2D eigenvalue weighted by atomic mass is 16.5. The number of fused-ring (bicyclic) bond motifs is 3. The van der Waals surface area contributed by atoms with Crippen molar-refractivity contribution in [3.63, 3.8) is 0 Å². The predicted octanol–water partition coefficient (Wildman–Crippen LogP) is 20.4. The SMILES string of the molecule is C1=NC(CCCOc2cccc(OCc3ccc(-c4ccccc4)cn3)c2)=NC1.CC(=O)C(C)CC(C)Cc1cccc(OCc2ccc3ccccc3n2)c1.CC(=O)C(C)CCCc1cccc(OCc2ccc3ccccc3n2)c1.CC(=O)CCCOCc1ccc(COCc2ccc3ccccc3n2)o1. The van der Waals surface area contributed by atoms with E-state index >= 15 is 0 Å². The van der Waals surface area contributed by atoms with Gasteiger partial charge in [-0.2, -0.15) is 0 Å². The van der Waals surface area contributed by atoms with Crippen LogP contribution in [0.1, 0.15) is 132 Å². The fourth-order valence-corrected chi connectivity index (χ4v) is 12.0. The largest absolute Gasteiger partial charge is 0.493 e. The summed E-state index contributed by atoms with van der Waals surface area (Å²) in [5.41, 5.74) is 11.3. The van der Waals surface area contributed by atoms with Gasteiger partial charge < -0.3 is 37.6 Å². The lowest BCUT2D eigenvalue weighted by molar-refractivity contribution is -0.121. The number of Topliss-reactive ketones (excluding diaryl/α,β-unsaturated/α-hetero) is 3. The molecule has 16 heteroatoms. The molecular weight excluding hydrogens is 1350 g/mol. The average Bonchev–Trinajstić information content (AvgIpc) is 0.980. The van der Waals surface area contributed by atoms with Gasteiger partial charge in [-0.15, -0.1) is 0 Å². The monoisotopic (exact) mass is 1450 g/mol. The molecule has 0 fully saturated rings. The van der Waals surface area contributed by atoms with E-state index in [1.807, 2.05) is 190 Å². The molecule has 1 aliphatic heterocycles. The third-order valence-corrected chi connectivity index (χ3v) is 18.2. The lowest BCUT2D eigenvalue weighted by Crippen LogP contribution is -2.12. The summed E-state index contributed by atoms with van der Waals surface area (Å²) in [5, 5.41) is 3.39. The van der Waals surface area contributed by atoms with Gasteiger partial charge in [0.2, 0.25) is 0 Å². The van der Waals surface area contributed by atoms with Crippen molar-refractivity contribution < 1.29 is 47.2 Å². The summed E-state index contributed by atoms with van der Waals surface area (Å²) in [4.78, 5) is 60.5. The van der Waals surface area contributed by atoms with Crippen LogP contribution < -0.4 is 18.9 Å². The van der Waals surface area contributed by atoms with Crippen LogP contribution in [0, 0.1) is 17.8 Å². The van der Waals surface area contributed by atoms with Gasteiger partial charge in [0.05, 0.1) is 59.1 Å². The van der Waals surface area contributed by atoms with Crippen molar-refractivity contribution in [2.24, 2.45) is 27.7 Å². The molecule has 0 saturated carbocycles. The Bertz CT molecular complexity index is 4870. The van der Waals surface area contributed by atoms with E-state index in [2.05, 4.69) is 110 Å². The zero-order valence-corrected chi connectivity index (χ0v) is 62.9. The summed E-state index contributed by atoms with van der Waals surface area (Å²) in [6, 6.07) is 78.6. The van der Waals surface area contributed by atoms with Crippen LogP contribution in [-0.2, 0) is 76.3 Å². The number of benzene rings is 7. The number of aryl methyl sites for hydroxylation is 1. The molecular formula is C92H98N6O10. The molecule has 16 nitrogen and oxygen atoms in total. The Labute approximate surface area is 634 Å². The Hall–Kier alpha value is -11.3. The number of hydrogen-bond donors (Lipinski definition) is 0. The third kappa shape index (κ3) is 27.2. The molecule has 108 heavy (non-hydrogen) atoms. The molecule has 1 aliphatic rings. The molecule has 0 N–H and O–H groups in total. The van der Waals surface area contributed by atoms with Gasteiger partial charge in [0.15, 0.2) is 0 Å². The molecule has 0 saturated heterocycles. The van der Waals surface area contributed by atoms with Crippen LogP contribution in [0.15, 0.2) is 257 Å². The summed E-state index contributed by atoms with van der Waals surface area (Å²) in [6.45, 7) is 15.6. The molecule has 556 valence electrons. The summed E-state index contributed by atoms with van der Waals surface area (Å²) in [5.74, 6) is 7.16. The molecule has 0 bridgehead atoms. The zero-order valence-electron chi connectivity index (χ0n) is 62.9. The van der Waals surface area contributed by atoms with E-state index in [0.29, 0.717) is 71.7 Å². The number of amidine groups is 1. The van der Waals surface area contributed by atoms with Crippen molar-refractivity contribution in [1.82, 2.24) is 19.9 Å². The second-order valence-corrected chi connectivity index (χ2v) is 27.2. The Kier molecular flexibility index (Phi) is 31.3. The van der Waals surface area contributed by atoms with E-state index < -0.39 is 0 Å².